The highest BCUT2D eigenvalue weighted by Crippen LogP contribution is 2.21. The van der Waals surface area contributed by atoms with Crippen LogP contribution in [0.25, 0.3) is 10.9 Å². The molecular weight excluding hydrogens is 372 g/mol. The zero-order valence-electron chi connectivity index (χ0n) is 15.0. The lowest BCUT2D eigenvalue weighted by atomic mass is 10.1. The van der Waals surface area contributed by atoms with Gasteiger partial charge in [-0.25, -0.2) is 4.79 Å². The summed E-state index contributed by atoms with van der Waals surface area (Å²) in [4.78, 5) is 29.1. The number of ether oxygens (including phenoxy) is 1. The highest BCUT2D eigenvalue weighted by Gasteiger charge is 2.14. The zero-order chi connectivity index (χ0) is 19.5. The summed E-state index contributed by atoms with van der Waals surface area (Å²) in [6, 6.07) is 17.8. The summed E-state index contributed by atoms with van der Waals surface area (Å²) in [7, 11) is 0. The minimum atomic E-state index is -0.467. The SMILES string of the molecule is Cc1nc2ccccc2cc1C(=O)Oc1ccc(NC(=O)c2ccsc2)cc1. The van der Waals surface area contributed by atoms with Crippen molar-refractivity contribution in [1.29, 1.82) is 0 Å². The Morgan fingerprint density at radius 1 is 1.04 bits per heavy atom. The van der Waals surface area contributed by atoms with Gasteiger partial charge in [0.25, 0.3) is 5.91 Å². The number of hydrogen-bond donors (Lipinski definition) is 1. The summed E-state index contributed by atoms with van der Waals surface area (Å²) in [5.74, 6) is -0.249. The molecule has 0 atom stereocenters. The Kier molecular flexibility index (Phi) is 4.87. The molecule has 0 spiro atoms. The zero-order valence-corrected chi connectivity index (χ0v) is 15.8. The van der Waals surface area contributed by atoms with Crippen LogP contribution in [-0.2, 0) is 0 Å². The molecule has 2 heterocycles. The highest BCUT2D eigenvalue weighted by atomic mass is 32.1. The first-order chi connectivity index (χ1) is 13.6. The van der Waals surface area contributed by atoms with Crippen LogP contribution >= 0.6 is 11.3 Å². The fourth-order valence-corrected chi connectivity index (χ4v) is 3.42. The second kappa shape index (κ2) is 7.62. The van der Waals surface area contributed by atoms with Gasteiger partial charge in [-0.05, 0) is 54.8 Å². The Bertz CT molecular complexity index is 1150. The fourth-order valence-electron chi connectivity index (χ4n) is 2.78. The van der Waals surface area contributed by atoms with E-state index in [1.807, 2.05) is 29.6 Å². The Balaban J connectivity index is 1.48. The third kappa shape index (κ3) is 3.77. The molecule has 1 amide bonds. The molecule has 28 heavy (non-hydrogen) atoms. The molecule has 4 aromatic rings. The topological polar surface area (TPSA) is 68.3 Å². The number of nitrogens with one attached hydrogen (secondary N) is 1. The molecule has 0 fully saturated rings. The second-order valence-corrected chi connectivity index (χ2v) is 6.97. The number of benzene rings is 2. The van der Waals surface area contributed by atoms with Gasteiger partial charge in [-0.2, -0.15) is 11.3 Å². The van der Waals surface area contributed by atoms with E-state index in [0.717, 1.165) is 10.9 Å². The van der Waals surface area contributed by atoms with Crippen molar-refractivity contribution in [2.75, 3.05) is 5.32 Å². The molecule has 0 saturated carbocycles. The summed E-state index contributed by atoms with van der Waals surface area (Å²) in [6.45, 7) is 1.78. The number of fused-ring (bicyclic) bond motifs is 1. The Morgan fingerprint density at radius 3 is 2.57 bits per heavy atom. The smallest absolute Gasteiger partial charge is 0.345 e. The number of hydrogen-bond acceptors (Lipinski definition) is 5. The van der Waals surface area contributed by atoms with Crippen LogP contribution in [0.15, 0.2) is 71.4 Å². The first kappa shape index (κ1) is 17.9. The van der Waals surface area contributed by atoms with E-state index >= 15 is 0 Å². The lowest BCUT2D eigenvalue weighted by Crippen LogP contribution is -2.12. The number of pyridine rings is 1. The number of amides is 1. The maximum absolute atomic E-state index is 12.6. The second-order valence-electron chi connectivity index (χ2n) is 6.19. The van der Waals surface area contributed by atoms with Gasteiger partial charge in [0.2, 0.25) is 0 Å². The maximum atomic E-state index is 12.6. The fraction of sp³-hybridized carbons (Fsp3) is 0.0455. The van der Waals surface area contributed by atoms with Crippen molar-refractivity contribution < 1.29 is 14.3 Å². The number of carbonyl (C=O) groups excluding carboxylic acids is 2. The number of para-hydroxylation sites is 1. The minimum Gasteiger partial charge on any atom is -0.423 e. The number of carbonyl (C=O) groups is 2. The van der Waals surface area contributed by atoms with E-state index in [9.17, 15) is 9.59 Å². The van der Waals surface area contributed by atoms with Gasteiger partial charge in [0.15, 0.2) is 0 Å². The average Bonchev–Trinajstić information content (AvgIpc) is 3.24. The number of aryl methyl sites for hydroxylation is 1. The number of anilines is 1. The molecule has 5 nitrogen and oxygen atoms in total. The molecule has 0 aliphatic heterocycles. The van der Waals surface area contributed by atoms with Crippen molar-refractivity contribution in [1.82, 2.24) is 4.98 Å². The van der Waals surface area contributed by atoms with Crippen LogP contribution in [0, 0.1) is 6.92 Å². The van der Waals surface area contributed by atoms with Crippen molar-refractivity contribution in [2.45, 2.75) is 6.92 Å². The summed E-state index contributed by atoms with van der Waals surface area (Å²) >= 11 is 1.46. The van der Waals surface area contributed by atoms with Gasteiger partial charge < -0.3 is 10.1 Å². The number of nitrogens with zero attached hydrogens (tertiary/aromatic N) is 1. The van der Waals surface area contributed by atoms with Gasteiger partial charge in [-0.3, -0.25) is 9.78 Å². The Morgan fingerprint density at radius 2 is 1.82 bits per heavy atom. The lowest BCUT2D eigenvalue weighted by Gasteiger charge is -2.09. The van der Waals surface area contributed by atoms with Crippen molar-refractivity contribution in [3.8, 4) is 5.75 Å². The van der Waals surface area contributed by atoms with E-state index in [1.54, 1.807) is 48.7 Å². The predicted molar refractivity (Wildman–Crippen MR) is 110 cm³/mol. The first-order valence-corrected chi connectivity index (χ1v) is 9.56. The predicted octanol–water partition coefficient (Wildman–Crippen LogP) is 5.08. The van der Waals surface area contributed by atoms with Crippen LogP contribution in [-0.4, -0.2) is 16.9 Å². The van der Waals surface area contributed by atoms with E-state index in [0.29, 0.717) is 28.3 Å². The van der Waals surface area contributed by atoms with E-state index in [4.69, 9.17) is 4.74 Å². The molecule has 4 rings (SSSR count). The van der Waals surface area contributed by atoms with E-state index < -0.39 is 5.97 Å². The van der Waals surface area contributed by atoms with E-state index in [-0.39, 0.29) is 5.91 Å². The summed E-state index contributed by atoms with van der Waals surface area (Å²) < 4.78 is 5.47. The van der Waals surface area contributed by atoms with Gasteiger partial charge in [-0.15, -0.1) is 0 Å². The molecule has 0 aliphatic carbocycles. The van der Waals surface area contributed by atoms with Gasteiger partial charge in [-0.1, -0.05) is 18.2 Å². The Hall–Kier alpha value is -3.51. The molecule has 0 radical (unpaired) electrons. The normalized spacial score (nSPS) is 10.6. The van der Waals surface area contributed by atoms with Crippen molar-refractivity contribution >= 4 is 39.8 Å². The summed E-state index contributed by atoms with van der Waals surface area (Å²) in [5.41, 5.74) is 3.11. The standard InChI is InChI=1S/C22H16N2O3S/c1-14-19(12-15-4-2-3-5-20(15)23-14)22(26)27-18-8-6-17(7-9-18)24-21(25)16-10-11-28-13-16/h2-13H,1H3,(H,24,25). The number of thiophene rings is 1. The molecule has 0 bridgehead atoms. The number of rotatable bonds is 4. The van der Waals surface area contributed by atoms with Crippen LogP contribution in [0.5, 0.6) is 5.75 Å². The van der Waals surface area contributed by atoms with E-state index in [1.165, 1.54) is 11.3 Å². The Labute approximate surface area is 165 Å². The highest BCUT2D eigenvalue weighted by molar-refractivity contribution is 7.08. The third-order valence-corrected chi connectivity index (χ3v) is 4.92. The van der Waals surface area contributed by atoms with Crippen molar-refractivity contribution in [3.05, 3.63) is 88.2 Å². The molecule has 138 valence electrons. The van der Waals surface area contributed by atoms with Gasteiger partial charge in [0, 0.05) is 16.5 Å². The van der Waals surface area contributed by atoms with Crippen LogP contribution in [0.4, 0.5) is 5.69 Å². The molecule has 2 aromatic carbocycles. The first-order valence-electron chi connectivity index (χ1n) is 8.62. The molecule has 6 heteroatoms. The monoisotopic (exact) mass is 388 g/mol. The molecule has 2 aromatic heterocycles. The van der Waals surface area contributed by atoms with Crippen molar-refractivity contribution in [2.24, 2.45) is 0 Å². The van der Waals surface area contributed by atoms with Crippen LogP contribution in [0.1, 0.15) is 26.4 Å². The van der Waals surface area contributed by atoms with Gasteiger partial charge in [0.1, 0.15) is 5.75 Å². The minimum absolute atomic E-state index is 0.177. The van der Waals surface area contributed by atoms with Crippen LogP contribution < -0.4 is 10.1 Å². The summed E-state index contributed by atoms with van der Waals surface area (Å²) in [6.07, 6.45) is 0. The molecule has 0 saturated heterocycles. The average molecular weight is 388 g/mol. The third-order valence-electron chi connectivity index (χ3n) is 4.24. The largest absolute Gasteiger partial charge is 0.423 e. The van der Waals surface area contributed by atoms with Crippen LogP contribution in [0.3, 0.4) is 0 Å². The number of aromatic nitrogens is 1. The van der Waals surface area contributed by atoms with E-state index in [2.05, 4.69) is 10.3 Å². The van der Waals surface area contributed by atoms with Crippen molar-refractivity contribution in [3.63, 3.8) is 0 Å². The quantitative estimate of drug-likeness (QED) is 0.391. The molecule has 0 aliphatic rings. The van der Waals surface area contributed by atoms with Crippen LogP contribution in [0.2, 0.25) is 0 Å². The molecule has 0 unspecified atom stereocenters. The molecular formula is C22H16N2O3S. The summed E-state index contributed by atoms with van der Waals surface area (Å²) in [5, 5.41) is 7.32. The maximum Gasteiger partial charge on any atom is 0.345 e. The van der Waals surface area contributed by atoms with Gasteiger partial charge in [0.05, 0.1) is 22.3 Å². The number of esters is 1. The molecule has 1 N–H and O–H groups in total. The lowest BCUT2D eigenvalue weighted by molar-refractivity contribution is 0.0733. The van der Waals surface area contributed by atoms with Gasteiger partial charge >= 0.3 is 5.97 Å².